The molecule has 2 atom stereocenters. The van der Waals surface area contributed by atoms with Crippen LogP contribution >= 0.6 is 0 Å². The van der Waals surface area contributed by atoms with Crippen LogP contribution in [-0.2, 0) is 10.2 Å². The molecule has 3 rings (SSSR count). The lowest BCUT2D eigenvalue weighted by Crippen LogP contribution is -2.46. The van der Waals surface area contributed by atoms with Crippen molar-refractivity contribution in [2.24, 2.45) is 0 Å². The number of Topliss-reactive ketones (excluding diaryl/α,β-unsaturated/α-hetero) is 1. The van der Waals surface area contributed by atoms with Crippen LogP contribution in [0.25, 0.3) is 0 Å². The minimum absolute atomic E-state index is 0.00447. The first-order chi connectivity index (χ1) is 11.1. The van der Waals surface area contributed by atoms with Crippen molar-refractivity contribution < 1.29 is 19.0 Å². The van der Waals surface area contributed by atoms with Crippen LogP contribution in [0.15, 0.2) is 12.1 Å². The zero-order chi connectivity index (χ0) is 16.6. The highest BCUT2D eigenvalue weighted by molar-refractivity contribution is 5.81. The number of fused-ring (bicyclic) bond motifs is 1. The summed E-state index contributed by atoms with van der Waals surface area (Å²) in [5, 5.41) is 0. The van der Waals surface area contributed by atoms with E-state index >= 15 is 0 Å². The van der Waals surface area contributed by atoms with Gasteiger partial charge in [-0.2, -0.15) is 0 Å². The molecule has 0 N–H and O–H groups in total. The molecule has 0 bridgehead atoms. The molecule has 5 heteroatoms. The zero-order valence-corrected chi connectivity index (χ0v) is 14.3. The van der Waals surface area contributed by atoms with Gasteiger partial charge in [-0.3, -0.25) is 4.79 Å². The highest BCUT2D eigenvalue weighted by atomic mass is 16.5. The Bertz CT molecular complexity index is 590. The minimum atomic E-state index is -0.00447. The van der Waals surface area contributed by atoms with Gasteiger partial charge in [-0.25, -0.2) is 0 Å². The molecule has 1 saturated heterocycles. The van der Waals surface area contributed by atoms with Gasteiger partial charge in [-0.05, 0) is 44.1 Å². The van der Waals surface area contributed by atoms with Crippen molar-refractivity contribution in [1.82, 2.24) is 4.90 Å². The third-order valence-electron chi connectivity index (χ3n) is 5.59. The summed E-state index contributed by atoms with van der Waals surface area (Å²) in [6, 6.07) is 4.37. The number of carbonyl (C=O) groups excluding carboxylic acids is 1. The van der Waals surface area contributed by atoms with E-state index in [1.54, 1.807) is 21.3 Å². The summed E-state index contributed by atoms with van der Waals surface area (Å²) in [4.78, 5) is 14.3. The summed E-state index contributed by atoms with van der Waals surface area (Å²) in [5.74, 6) is 2.35. The summed E-state index contributed by atoms with van der Waals surface area (Å²) in [6.45, 7) is 1.01. The highest BCUT2D eigenvalue weighted by Crippen LogP contribution is 2.51. The molecule has 5 nitrogen and oxygen atoms in total. The van der Waals surface area contributed by atoms with E-state index in [0.29, 0.717) is 35.9 Å². The van der Waals surface area contributed by atoms with Crippen molar-refractivity contribution in [2.45, 2.75) is 37.1 Å². The molecular weight excluding hydrogens is 294 g/mol. The standard InChI is InChI=1S/C18H25NO4/c1-19-8-7-18(6-5-13(20)11-16(18)19)12-9-14(21-2)17(23-4)15(10-12)22-3/h9-10,16H,5-8,11H2,1-4H3/t16-,18-/m1/s1. The monoisotopic (exact) mass is 319 g/mol. The van der Waals surface area contributed by atoms with Crippen LogP contribution in [0.2, 0.25) is 0 Å². The molecule has 2 aliphatic rings. The Kier molecular flexibility index (Phi) is 4.23. The van der Waals surface area contributed by atoms with E-state index < -0.39 is 0 Å². The number of likely N-dealkylation sites (tertiary alicyclic amines) is 1. The summed E-state index contributed by atoms with van der Waals surface area (Å²) in [6.07, 6.45) is 3.23. The maximum absolute atomic E-state index is 12.0. The molecule has 126 valence electrons. The van der Waals surface area contributed by atoms with E-state index in [9.17, 15) is 4.79 Å². The predicted octanol–water partition coefficient (Wildman–Crippen LogP) is 2.41. The first-order valence-electron chi connectivity index (χ1n) is 8.08. The number of hydrogen-bond donors (Lipinski definition) is 0. The third kappa shape index (κ3) is 2.47. The van der Waals surface area contributed by atoms with Crippen molar-refractivity contribution in [3.05, 3.63) is 17.7 Å². The molecule has 2 fully saturated rings. The molecule has 1 aromatic rings. The van der Waals surface area contributed by atoms with E-state index in [1.165, 1.54) is 5.56 Å². The molecule has 0 unspecified atom stereocenters. The minimum Gasteiger partial charge on any atom is -0.493 e. The lowest BCUT2D eigenvalue weighted by atomic mass is 9.66. The summed E-state index contributed by atoms with van der Waals surface area (Å²) < 4.78 is 16.5. The molecule has 0 radical (unpaired) electrons. The maximum atomic E-state index is 12.0. The fraction of sp³-hybridized carbons (Fsp3) is 0.611. The van der Waals surface area contributed by atoms with Crippen molar-refractivity contribution in [3.63, 3.8) is 0 Å². The summed E-state index contributed by atoms with van der Waals surface area (Å²) in [5.41, 5.74) is 1.18. The van der Waals surface area contributed by atoms with Crippen LogP contribution in [0.5, 0.6) is 17.2 Å². The Morgan fingerprint density at radius 2 is 1.74 bits per heavy atom. The van der Waals surface area contributed by atoms with E-state index in [4.69, 9.17) is 14.2 Å². The molecule has 1 heterocycles. The van der Waals surface area contributed by atoms with Crippen molar-refractivity contribution in [3.8, 4) is 17.2 Å². The number of hydrogen-bond acceptors (Lipinski definition) is 5. The number of carbonyl (C=O) groups is 1. The number of rotatable bonds is 4. The van der Waals surface area contributed by atoms with Gasteiger partial charge >= 0.3 is 0 Å². The van der Waals surface area contributed by atoms with Crippen LogP contribution in [0, 0.1) is 0 Å². The molecule has 1 aromatic carbocycles. The van der Waals surface area contributed by atoms with Gasteiger partial charge in [0.25, 0.3) is 0 Å². The number of ether oxygens (including phenoxy) is 3. The Balaban J connectivity index is 2.11. The van der Waals surface area contributed by atoms with Gasteiger partial charge in [0.2, 0.25) is 5.75 Å². The third-order valence-corrected chi connectivity index (χ3v) is 5.59. The predicted molar refractivity (Wildman–Crippen MR) is 87.7 cm³/mol. The number of nitrogens with zero attached hydrogens (tertiary/aromatic N) is 1. The van der Waals surface area contributed by atoms with Gasteiger partial charge in [0.15, 0.2) is 11.5 Å². The van der Waals surface area contributed by atoms with Crippen LogP contribution < -0.4 is 14.2 Å². The van der Waals surface area contributed by atoms with Crippen LogP contribution in [-0.4, -0.2) is 51.6 Å². The lowest BCUT2D eigenvalue weighted by molar-refractivity contribution is -0.122. The number of likely N-dealkylation sites (N-methyl/N-ethyl adjacent to an activating group) is 1. The van der Waals surface area contributed by atoms with Gasteiger partial charge in [0.05, 0.1) is 21.3 Å². The van der Waals surface area contributed by atoms with Crippen LogP contribution in [0.4, 0.5) is 0 Å². The second-order valence-corrected chi connectivity index (χ2v) is 6.56. The molecule has 1 saturated carbocycles. The Morgan fingerprint density at radius 3 is 2.30 bits per heavy atom. The second kappa shape index (κ2) is 6.04. The van der Waals surface area contributed by atoms with Gasteiger partial charge in [0.1, 0.15) is 5.78 Å². The molecule has 1 aliphatic carbocycles. The Morgan fingerprint density at radius 1 is 1.09 bits per heavy atom. The second-order valence-electron chi connectivity index (χ2n) is 6.56. The smallest absolute Gasteiger partial charge is 0.203 e. The summed E-state index contributed by atoms with van der Waals surface area (Å²) >= 11 is 0. The normalized spacial score (nSPS) is 27.7. The van der Waals surface area contributed by atoms with Gasteiger partial charge < -0.3 is 19.1 Å². The van der Waals surface area contributed by atoms with Crippen LogP contribution in [0.1, 0.15) is 31.2 Å². The summed E-state index contributed by atoms with van der Waals surface area (Å²) in [7, 11) is 7.01. The average Bonchev–Trinajstić information content (AvgIpc) is 2.91. The van der Waals surface area contributed by atoms with E-state index in [-0.39, 0.29) is 11.5 Å². The highest BCUT2D eigenvalue weighted by Gasteiger charge is 2.50. The molecule has 23 heavy (non-hydrogen) atoms. The average molecular weight is 319 g/mol. The Hall–Kier alpha value is -1.75. The molecule has 0 spiro atoms. The van der Waals surface area contributed by atoms with Gasteiger partial charge in [-0.15, -0.1) is 0 Å². The molecule has 0 amide bonds. The lowest BCUT2D eigenvalue weighted by Gasteiger charge is -2.41. The number of methoxy groups -OCH3 is 3. The Labute approximate surface area is 137 Å². The first-order valence-corrected chi connectivity index (χ1v) is 8.08. The van der Waals surface area contributed by atoms with Gasteiger partial charge in [-0.1, -0.05) is 0 Å². The van der Waals surface area contributed by atoms with Gasteiger partial charge in [0, 0.05) is 24.3 Å². The molecular formula is C18H25NO4. The van der Waals surface area contributed by atoms with E-state index in [2.05, 4.69) is 24.1 Å². The first kappa shape index (κ1) is 16.1. The topological polar surface area (TPSA) is 48.0 Å². The van der Waals surface area contributed by atoms with Crippen molar-refractivity contribution >= 4 is 5.78 Å². The SMILES string of the molecule is COc1cc([C@]23CCC(=O)C[C@H]2N(C)CC3)cc(OC)c1OC. The quantitative estimate of drug-likeness (QED) is 0.853. The number of benzene rings is 1. The van der Waals surface area contributed by atoms with Crippen molar-refractivity contribution in [1.29, 1.82) is 0 Å². The maximum Gasteiger partial charge on any atom is 0.203 e. The fourth-order valence-electron chi connectivity index (χ4n) is 4.29. The van der Waals surface area contributed by atoms with E-state index in [0.717, 1.165) is 19.4 Å². The van der Waals surface area contributed by atoms with Crippen LogP contribution in [0.3, 0.4) is 0 Å². The van der Waals surface area contributed by atoms with E-state index in [1.807, 2.05) is 0 Å². The molecule has 1 aliphatic heterocycles. The molecule has 0 aromatic heterocycles. The number of ketones is 1. The largest absolute Gasteiger partial charge is 0.493 e. The van der Waals surface area contributed by atoms with Crippen molar-refractivity contribution in [2.75, 3.05) is 34.9 Å². The fourth-order valence-corrected chi connectivity index (χ4v) is 4.29. The zero-order valence-electron chi connectivity index (χ0n) is 14.3.